The molecule has 144 valence electrons. The second-order valence-corrected chi connectivity index (χ2v) is 10.2. The molecule has 3 nitrogen and oxygen atoms in total. The lowest BCUT2D eigenvalue weighted by Gasteiger charge is -2.32. The van der Waals surface area contributed by atoms with Gasteiger partial charge in [-0.05, 0) is 60.6 Å². The van der Waals surface area contributed by atoms with Crippen LogP contribution in [0.25, 0.3) is 0 Å². The van der Waals surface area contributed by atoms with Crippen molar-refractivity contribution in [3.63, 3.8) is 0 Å². The van der Waals surface area contributed by atoms with Gasteiger partial charge in [0.25, 0.3) is 0 Å². The zero-order valence-corrected chi connectivity index (χ0v) is 18.2. The first kappa shape index (κ1) is 20.7. The zero-order valence-electron chi connectivity index (χ0n) is 18.2. The number of rotatable bonds is 6. The first-order chi connectivity index (χ1) is 11.8. The number of nitrogens with zero attached hydrogens (tertiary/aromatic N) is 3. The molecule has 0 spiro atoms. The summed E-state index contributed by atoms with van der Waals surface area (Å²) in [6.45, 7) is 20.3. The van der Waals surface area contributed by atoms with Crippen molar-refractivity contribution in [2.24, 2.45) is 0 Å². The van der Waals surface area contributed by atoms with Crippen LogP contribution in [0.1, 0.15) is 97.9 Å². The smallest absolute Gasteiger partial charge is 0.0572 e. The van der Waals surface area contributed by atoms with Crippen LogP contribution in [-0.4, -0.2) is 14.8 Å². The van der Waals surface area contributed by atoms with Crippen LogP contribution < -0.4 is 0 Å². The fraction of sp³-hybridized carbons (Fsp3) is 0.652. The minimum absolute atomic E-state index is 0.00787. The Hall–Kier alpha value is -1.64. The Balaban J connectivity index is 2.10. The predicted octanol–water partition coefficient (Wildman–Crippen LogP) is 6.19. The van der Waals surface area contributed by atoms with Gasteiger partial charge in [-0.15, -0.1) is 0 Å². The summed E-state index contributed by atoms with van der Waals surface area (Å²) in [5.74, 6) is 0.475. The van der Waals surface area contributed by atoms with Crippen molar-refractivity contribution in [3.05, 3.63) is 47.5 Å². The second-order valence-electron chi connectivity index (χ2n) is 10.2. The molecule has 0 atom stereocenters. The van der Waals surface area contributed by atoms with Gasteiger partial charge < -0.3 is 0 Å². The summed E-state index contributed by atoms with van der Waals surface area (Å²) in [6.07, 6.45) is 8.45. The van der Waals surface area contributed by atoms with E-state index in [4.69, 9.17) is 0 Å². The molecule has 0 bridgehead atoms. The molecule has 0 aliphatic heterocycles. The van der Waals surface area contributed by atoms with Gasteiger partial charge in [0, 0.05) is 18.1 Å². The molecule has 2 heterocycles. The summed E-state index contributed by atoms with van der Waals surface area (Å²) in [5.41, 5.74) is 3.99. The highest BCUT2D eigenvalue weighted by atomic mass is 15.3. The highest BCUT2D eigenvalue weighted by Crippen LogP contribution is 2.34. The molecule has 2 aromatic heterocycles. The Kier molecular flexibility index (Phi) is 5.70. The maximum Gasteiger partial charge on any atom is 0.0572 e. The summed E-state index contributed by atoms with van der Waals surface area (Å²) in [4.78, 5) is 4.66. The maximum absolute atomic E-state index is 4.66. The van der Waals surface area contributed by atoms with E-state index in [-0.39, 0.29) is 16.4 Å². The topological polar surface area (TPSA) is 30.7 Å². The SMILES string of the molecule is CC(C)c1ccc(C(C)(C)CCC(C)(C)n2cc(C(C)(C)C)cn2)cn1. The molecular weight excluding hydrogens is 318 g/mol. The summed E-state index contributed by atoms with van der Waals surface area (Å²) in [7, 11) is 0. The molecule has 2 aromatic rings. The van der Waals surface area contributed by atoms with Crippen molar-refractivity contribution in [2.75, 3.05) is 0 Å². The molecule has 2 rings (SSSR count). The average molecular weight is 356 g/mol. The van der Waals surface area contributed by atoms with Gasteiger partial charge in [0.05, 0.1) is 11.7 Å². The molecule has 26 heavy (non-hydrogen) atoms. The highest BCUT2D eigenvalue weighted by Gasteiger charge is 2.29. The Morgan fingerprint density at radius 1 is 0.885 bits per heavy atom. The van der Waals surface area contributed by atoms with Crippen LogP contribution in [0.4, 0.5) is 0 Å². The molecule has 0 saturated heterocycles. The fourth-order valence-electron chi connectivity index (χ4n) is 3.07. The molecule has 0 radical (unpaired) electrons. The third-order valence-electron chi connectivity index (χ3n) is 5.59. The van der Waals surface area contributed by atoms with Crippen molar-refractivity contribution in [1.82, 2.24) is 14.8 Å². The third-order valence-corrected chi connectivity index (χ3v) is 5.59. The van der Waals surface area contributed by atoms with Gasteiger partial charge in [0.1, 0.15) is 0 Å². The Bertz CT molecular complexity index is 713. The van der Waals surface area contributed by atoms with Crippen LogP contribution >= 0.6 is 0 Å². The quantitative estimate of drug-likeness (QED) is 0.618. The van der Waals surface area contributed by atoms with Gasteiger partial charge in [0.15, 0.2) is 0 Å². The Morgan fingerprint density at radius 2 is 1.54 bits per heavy atom. The normalized spacial score (nSPS) is 13.5. The molecule has 0 aromatic carbocycles. The van der Waals surface area contributed by atoms with Gasteiger partial charge in [-0.2, -0.15) is 5.10 Å². The van der Waals surface area contributed by atoms with Crippen LogP contribution in [-0.2, 0) is 16.4 Å². The van der Waals surface area contributed by atoms with E-state index < -0.39 is 0 Å². The highest BCUT2D eigenvalue weighted by molar-refractivity contribution is 5.23. The molecule has 0 amide bonds. The average Bonchev–Trinajstić information content (AvgIpc) is 3.04. The summed E-state index contributed by atoms with van der Waals surface area (Å²) in [5, 5.41) is 4.66. The van der Waals surface area contributed by atoms with Crippen molar-refractivity contribution in [2.45, 2.75) is 97.4 Å². The minimum Gasteiger partial charge on any atom is -0.267 e. The van der Waals surface area contributed by atoms with E-state index in [1.807, 2.05) is 6.20 Å². The Labute approximate surface area is 160 Å². The minimum atomic E-state index is -0.00787. The predicted molar refractivity (Wildman–Crippen MR) is 111 cm³/mol. The molecule has 3 heteroatoms. The van der Waals surface area contributed by atoms with E-state index in [0.29, 0.717) is 5.92 Å². The Morgan fingerprint density at radius 3 is 2.00 bits per heavy atom. The van der Waals surface area contributed by atoms with E-state index >= 15 is 0 Å². The monoisotopic (exact) mass is 355 g/mol. The van der Waals surface area contributed by atoms with E-state index in [1.54, 1.807) is 0 Å². The molecule has 0 N–H and O–H groups in total. The summed E-state index contributed by atoms with van der Waals surface area (Å²) < 4.78 is 2.14. The van der Waals surface area contributed by atoms with Crippen LogP contribution in [0.5, 0.6) is 0 Å². The van der Waals surface area contributed by atoms with Crippen LogP contribution in [0.3, 0.4) is 0 Å². The van der Waals surface area contributed by atoms with E-state index in [9.17, 15) is 0 Å². The number of hydrogen-bond donors (Lipinski definition) is 0. The third kappa shape index (κ3) is 4.75. The van der Waals surface area contributed by atoms with Crippen molar-refractivity contribution >= 4 is 0 Å². The fourth-order valence-corrected chi connectivity index (χ4v) is 3.07. The van der Waals surface area contributed by atoms with E-state index in [2.05, 4.69) is 102 Å². The molecule has 0 unspecified atom stereocenters. The van der Waals surface area contributed by atoms with E-state index in [1.165, 1.54) is 11.1 Å². The van der Waals surface area contributed by atoms with Crippen LogP contribution in [0.2, 0.25) is 0 Å². The summed E-state index contributed by atoms with van der Waals surface area (Å²) >= 11 is 0. The lowest BCUT2D eigenvalue weighted by molar-refractivity contribution is 0.260. The first-order valence-electron chi connectivity index (χ1n) is 9.85. The van der Waals surface area contributed by atoms with Crippen molar-refractivity contribution < 1.29 is 0 Å². The molecule has 0 aliphatic rings. The maximum atomic E-state index is 4.66. The molecule has 0 fully saturated rings. The lowest BCUT2D eigenvalue weighted by Crippen LogP contribution is -2.30. The van der Waals surface area contributed by atoms with Crippen LogP contribution in [0, 0.1) is 0 Å². The number of hydrogen-bond acceptors (Lipinski definition) is 2. The van der Waals surface area contributed by atoms with Gasteiger partial charge in [-0.3, -0.25) is 9.67 Å². The number of aromatic nitrogens is 3. The largest absolute Gasteiger partial charge is 0.267 e. The molecule has 0 saturated carbocycles. The number of pyridine rings is 1. The van der Waals surface area contributed by atoms with E-state index in [0.717, 1.165) is 18.5 Å². The standard InChI is InChI=1S/C23H37N3/c1-17(2)20-11-10-18(14-24-20)22(6,7)12-13-23(8,9)26-16-19(15-25-26)21(3,4)5/h10-11,14-17H,12-13H2,1-9H3. The van der Waals surface area contributed by atoms with Crippen molar-refractivity contribution in [1.29, 1.82) is 0 Å². The van der Waals surface area contributed by atoms with Gasteiger partial charge >= 0.3 is 0 Å². The van der Waals surface area contributed by atoms with Crippen LogP contribution in [0.15, 0.2) is 30.7 Å². The summed E-state index contributed by atoms with van der Waals surface area (Å²) in [6, 6.07) is 4.43. The van der Waals surface area contributed by atoms with Gasteiger partial charge in [-0.1, -0.05) is 54.5 Å². The van der Waals surface area contributed by atoms with Gasteiger partial charge in [-0.25, -0.2) is 0 Å². The van der Waals surface area contributed by atoms with Crippen molar-refractivity contribution in [3.8, 4) is 0 Å². The zero-order chi connectivity index (χ0) is 19.8. The lowest BCUT2D eigenvalue weighted by atomic mass is 9.78. The first-order valence-corrected chi connectivity index (χ1v) is 9.85. The molecule has 0 aliphatic carbocycles. The molecular formula is C23H37N3. The second kappa shape index (κ2) is 7.17. The van der Waals surface area contributed by atoms with Gasteiger partial charge in [0.2, 0.25) is 0 Å².